The molecule has 2 N–H and O–H groups in total. The Bertz CT molecular complexity index is 561. The van der Waals surface area contributed by atoms with Crippen molar-refractivity contribution in [2.75, 3.05) is 6.54 Å². The summed E-state index contributed by atoms with van der Waals surface area (Å²) in [6, 6.07) is 2.91. The Hall–Kier alpha value is -2.64. The van der Waals surface area contributed by atoms with E-state index in [1.807, 2.05) is 12.3 Å². The first-order chi connectivity index (χ1) is 9.16. The standard InChI is InChI=1S/C11H12N4O4/c16-10(8-7-9(11(17)18)19-14-8)12-3-1-5-15-6-2-4-13-15/h2,4,6-7H,1,3,5H2,(H,12,16)(H,17,18). The molecule has 0 aliphatic heterocycles. The predicted molar refractivity (Wildman–Crippen MR) is 62.6 cm³/mol. The van der Waals surface area contributed by atoms with E-state index < -0.39 is 11.9 Å². The summed E-state index contributed by atoms with van der Waals surface area (Å²) in [5, 5.41) is 18.6. The van der Waals surface area contributed by atoms with Crippen molar-refractivity contribution >= 4 is 11.9 Å². The number of aryl methyl sites for hydroxylation is 1. The SMILES string of the molecule is O=C(NCCCn1cccn1)c1cc(C(=O)O)on1. The highest BCUT2D eigenvalue weighted by Gasteiger charge is 2.15. The van der Waals surface area contributed by atoms with Crippen molar-refractivity contribution in [1.82, 2.24) is 20.3 Å². The van der Waals surface area contributed by atoms with Crippen molar-refractivity contribution in [3.8, 4) is 0 Å². The van der Waals surface area contributed by atoms with Crippen LogP contribution in [0.2, 0.25) is 0 Å². The van der Waals surface area contributed by atoms with Crippen molar-refractivity contribution in [3.05, 3.63) is 36.0 Å². The van der Waals surface area contributed by atoms with Gasteiger partial charge in [0.15, 0.2) is 5.69 Å². The Morgan fingerprint density at radius 3 is 2.95 bits per heavy atom. The number of nitrogens with zero attached hydrogens (tertiary/aromatic N) is 3. The molecule has 0 bridgehead atoms. The van der Waals surface area contributed by atoms with E-state index in [-0.39, 0.29) is 11.5 Å². The molecule has 0 aliphatic rings. The van der Waals surface area contributed by atoms with Crippen LogP contribution in [-0.4, -0.2) is 38.5 Å². The molecule has 0 saturated heterocycles. The number of hydrogen-bond donors (Lipinski definition) is 2. The summed E-state index contributed by atoms with van der Waals surface area (Å²) in [6.45, 7) is 1.13. The molecule has 2 rings (SSSR count). The summed E-state index contributed by atoms with van der Waals surface area (Å²) in [4.78, 5) is 22.1. The largest absolute Gasteiger partial charge is 0.475 e. The second kappa shape index (κ2) is 5.80. The fraction of sp³-hybridized carbons (Fsp3) is 0.273. The average Bonchev–Trinajstić information content (AvgIpc) is 3.05. The second-order valence-corrected chi connectivity index (χ2v) is 3.76. The van der Waals surface area contributed by atoms with Crippen molar-refractivity contribution in [2.45, 2.75) is 13.0 Å². The topological polar surface area (TPSA) is 110 Å². The Balaban J connectivity index is 1.76. The highest BCUT2D eigenvalue weighted by Crippen LogP contribution is 2.03. The summed E-state index contributed by atoms with van der Waals surface area (Å²) < 4.78 is 6.24. The first kappa shape index (κ1) is 12.8. The number of carboxylic acids is 1. The molecular formula is C11H12N4O4. The van der Waals surface area contributed by atoms with Gasteiger partial charge in [0.1, 0.15) is 0 Å². The van der Waals surface area contributed by atoms with E-state index in [2.05, 4.69) is 20.1 Å². The first-order valence-electron chi connectivity index (χ1n) is 5.62. The lowest BCUT2D eigenvalue weighted by Gasteiger charge is -2.03. The molecule has 0 atom stereocenters. The van der Waals surface area contributed by atoms with Crippen LogP contribution in [0.1, 0.15) is 27.5 Å². The molecular weight excluding hydrogens is 252 g/mol. The van der Waals surface area contributed by atoms with E-state index in [0.717, 1.165) is 6.07 Å². The first-order valence-corrected chi connectivity index (χ1v) is 5.62. The fourth-order valence-electron chi connectivity index (χ4n) is 1.45. The third-order valence-corrected chi connectivity index (χ3v) is 2.36. The van der Waals surface area contributed by atoms with Crippen LogP contribution in [0.3, 0.4) is 0 Å². The maximum absolute atomic E-state index is 11.6. The molecule has 0 saturated carbocycles. The van der Waals surface area contributed by atoms with Gasteiger partial charge in [0.25, 0.3) is 5.91 Å². The molecule has 0 aromatic carbocycles. The third-order valence-electron chi connectivity index (χ3n) is 2.36. The summed E-state index contributed by atoms with van der Waals surface area (Å²) in [5.41, 5.74) is -0.0449. The van der Waals surface area contributed by atoms with Gasteiger partial charge in [0.2, 0.25) is 5.76 Å². The Morgan fingerprint density at radius 2 is 2.32 bits per heavy atom. The molecule has 8 nitrogen and oxygen atoms in total. The van der Waals surface area contributed by atoms with Crippen LogP contribution in [-0.2, 0) is 6.54 Å². The number of aromatic nitrogens is 3. The molecule has 19 heavy (non-hydrogen) atoms. The van der Waals surface area contributed by atoms with Crippen LogP contribution < -0.4 is 5.32 Å². The van der Waals surface area contributed by atoms with Gasteiger partial charge in [-0.05, 0) is 12.5 Å². The molecule has 0 aliphatic carbocycles. The summed E-state index contributed by atoms with van der Waals surface area (Å²) in [5.74, 6) is -2.08. The number of hydrogen-bond acceptors (Lipinski definition) is 5. The molecule has 0 fully saturated rings. The zero-order valence-electron chi connectivity index (χ0n) is 9.94. The lowest BCUT2D eigenvalue weighted by Crippen LogP contribution is -2.25. The van der Waals surface area contributed by atoms with Gasteiger partial charge in [0.05, 0.1) is 0 Å². The number of carbonyl (C=O) groups is 2. The van der Waals surface area contributed by atoms with Gasteiger partial charge in [-0.15, -0.1) is 0 Å². The molecule has 1 amide bonds. The summed E-state index contributed by atoms with van der Waals surface area (Å²) in [6.07, 6.45) is 4.22. The van der Waals surface area contributed by atoms with Crippen molar-refractivity contribution in [3.63, 3.8) is 0 Å². The van der Waals surface area contributed by atoms with E-state index in [0.29, 0.717) is 19.5 Å². The van der Waals surface area contributed by atoms with Gasteiger partial charge in [-0.25, -0.2) is 4.79 Å². The lowest BCUT2D eigenvalue weighted by molar-refractivity contribution is 0.0651. The van der Waals surface area contributed by atoms with Gasteiger partial charge >= 0.3 is 5.97 Å². The zero-order valence-corrected chi connectivity index (χ0v) is 9.94. The predicted octanol–water partition coefficient (Wildman–Crippen LogP) is 0.389. The average molecular weight is 264 g/mol. The molecule has 8 heteroatoms. The summed E-state index contributed by atoms with van der Waals surface area (Å²) in [7, 11) is 0. The zero-order chi connectivity index (χ0) is 13.7. The van der Waals surface area contributed by atoms with E-state index in [1.54, 1.807) is 10.9 Å². The molecule has 0 unspecified atom stereocenters. The summed E-state index contributed by atoms with van der Waals surface area (Å²) >= 11 is 0. The monoisotopic (exact) mass is 264 g/mol. The number of nitrogens with one attached hydrogen (secondary N) is 1. The van der Waals surface area contributed by atoms with Gasteiger partial charge < -0.3 is 14.9 Å². The Labute approximate surface area is 108 Å². The van der Waals surface area contributed by atoms with Crippen LogP contribution in [0, 0.1) is 0 Å². The van der Waals surface area contributed by atoms with E-state index in [9.17, 15) is 9.59 Å². The van der Waals surface area contributed by atoms with E-state index >= 15 is 0 Å². The smallest absolute Gasteiger partial charge is 0.374 e. The van der Waals surface area contributed by atoms with Gasteiger partial charge in [-0.3, -0.25) is 9.48 Å². The molecule has 0 spiro atoms. The molecule has 2 aromatic heterocycles. The lowest BCUT2D eigenvalue weighted by atomic mass is 10.3. The maximum Gasteiger partial charge on any atom is 0.374 e. The van der Waals surface area contributed by atoms with E-state index in [1.165, 1.54) is 0 Å². The van der Waals surface area contributed by atoms with E-state index in [4.69, 9.17) is 5.11 Å². The van der Waals surface area contributed by atoms with Crippen LogP contribution in [0.4, 0.5) is 0 Å². The molecule has 2 aromatic rings. The highest BCUT2D eigenvalue weighted by atomic mass is 16.5. The quantitative estimate of drug-likeness (QED) is 0.730. The number of rotatable bonds is 6. The third kappa shape index (κ3) is 3.41. The van der Waals surface area contributed by atoms with Crippen molar-refractivity contribution in [2.24, 2.45) is 0 Å². The number of carboxylic acid groups (broad SMARTS) is 1. The Kier molecular flexibility index (Phi) is 3.91. The van der Waals surface area contributed by atoms with Crippen LogP contribution in [0.25, 0.3) is 0 Å². The minimum absolute atomic E-state index is 0.0449. The van der Waals surface area contributed by atoms with Gasteiger partial charge in [-0.1, -0.05) is 5.16 Å². The van der Waals surface area contributed by atoms with Crippen LogP contribution in [0.15, 0.2) is 29.0 Å². The Morgan fingerprint density at radius 1 is 1.47 bits per heavy atom. The molecule has 100 valence electrons. The normalized spacial score (nSPS) is 10.3. The van der Waals surface area contributed by atoms with Crippen molar-refractivity contribution in [1.29, 1.82) is 0 Å². The second-order valence-electron chi connectivity index (χ2n) is 3.76. The van der Waals surface area contributed by atoms with Crippen LogP contribution >= 0.6 is 0 Å². The number of amides is 1. The highest BCUT2D eigenvalue weighted by molar-refractivity contribution is 5.94. The maximum atomic E-state index is 11.6. The molecule has 0 radical (unpaired) electrons. The number of aromatic carboxylic acids is 1. The minimum Gasteiger partial charge on any atom is -0.475 e. The minimum atomic E-state index is -1.26. The molecule has 2 heterocycles. The van der Waals surface area contributed by atoms with Crippen LogP contribution in [0.5, 0.6) is 0 Å². The van der Waals surface area contributed by atoms with Gasteiger partial charge in [-0.2, -0.15) is 5.10 Å². The fourth-order valence-corrected chi connectivity index (χ4v) is 1.45. The van der Waals surface area contributed by atoms with Crippen molar-refractivity contribution < 1.29 is 19.2 Å². The number of carbonyl (C=O) groups excluding carboxylic acids is 1. The van der Waals surface area contributed by atoms with Gasteiger partial charge in [0, 0.05) is 31.5 Å².